The maximum atomic E-state index is 12.4. The number of likely N-dealkylation sites (N-methyl/N-ethyl adjacent to an activating group) is 1. The summed E-state index contributed by atoms with van der Waals surface area (Å²) in [6.07, 6.45) is 1.09. The third-order valence-corrected chi connectivity index (χ3v) is 5.42. The summed E-state index contributed by atoms with van der Waals surface area (Å²) in [7, 11) is 1.51. The zero-order valence-corrected chi connectivity index (χ0v) is 17.7. The van der Waals surface area contributed by atoms with Crippen LogP contribution in [0.3, 0.4) is 0 Å². The zero-order valence-electron chi connectivity index (χ0n) is 16.2. The van der Waals surface area contributed by atoms with Gasteiger partial charge in [0.2, 0.25) is 5.91 Å². The number of anilines is 1. The van der Waals surface area contributed by atoms with Gasteiger partial charge in [-0.3, -0.25) is 9.69 Å². The predicted molar refractivity (Wildman–Crippen MR) is 109 cm³/mol. The van der Waals surface area contributed by atoms with Crippen molar-refractivity contribution in [3.8, 4) is 11.5 Å². The first-order valence-corrected chi connectivity index (χ1v) is 10.6. The third kappa shape index (κ3) is 5.60. The Morgan fingerprint density at radius 1 is 1.18 bits per heavy atom. The Morgan fingerprint density at radius 2 is 1.89 bits per heavy atom. The lowest BCUT2D eigenvalue weighted by molar-refractivity contribution is -0.117. The minimum Gasteiger partial charge on any atom is -0.493 e. The summed E-state index contributed by atoms with van der Waals surface area (Å²) in [5.74, 6) is 0.903. The number of nitrogens with zero attached hydrogens (tertiary/aromatic N) is 1. The van der Waals surface area contributed by atoms with Crippen molar-refractivity contribution >= 4 is 33.0 Å². The molecular formula is C19H23ClN2O5S. The van der Waals surface area contributed by atoms with Gasteiger partial charge in [0, 0.05) is 18.4 Å². The van der Waals surface area contributed by atoms with Crippen LogP contribution in [0.4, 0.5) is 5.69 Å². The second-order valence-corrected chi connectivity index (χ2v) is 8.71. The molecule has 0 aliphatic heterocycles. The number of para-hydroxylation sites is 1. The molecule has 0 bridgehead atoms. The number of amides is 1. The molecule has 0 heterocycles. The summed E-state index contributed by atoms with van der Waals surface area (Å²) in [5.41, 5.74) is 1.12. The van der Waals surface area contributed by atoms with Crippen LogP contribution in [0.15, 0.2) is 41.3 Å². The van der Waals surface area contributed by atoms with Gasteiger partial charge < -0.3 is 14.8 Å². The Kier molecular flexibility index (Phi) is 7.29. The molecule has 2 aromatic carbocycles. The standard InChI is InChI=1S/C19H23ClN2O5S/c1-22(11-13-6-5-7-17(26-2)19(13)27-3)12-18(23)21-16-10-14(28(4,24)25)8-9-15(16)20/h5-10H,11-12H2,1-4H3,(H,21,23). The van der Waals surface area contributed by atoms with Crippen LogP contribution < -0.4 is 14.8 Å². The molecule has 0 fully saturated rings. The van der Waals surface area contributed by atoms with E-state index in [1.165, 1.54) is 18.2 Å². The van der Waals surface area contributed by atoms with E-state index in [0.29, 0.717) is 18.0 Å². The molecule has 0 radical (unpaired) electrons. The van der Waals surface area contributed by atoms with Gasteiger partial charge in [-0.15, -0.1) is 0 Å². The van der Waals surface area contributed by atoms with E-state index in [-0.39, 0.29) is 28.1 Å². The van der Waals surface area contributed by atoms with Crippen molar-refractivity contribution in [1.82, 2.24) is 4.90 Å². The first kappa shape index (κ1) is 22.0. The summed E-state index contributed by atoms with van der Waals surface area (Å²) >= 11 is 6.08. The molecular weight excluding hydrogens is 404 g/mol. The fourth-order valence-electron chi connectivity index (χ4n) is 2.69. The highest BCUT2D eigenvalue weighted by atomic mass is 35.5. The highest BCUT2D eigenvalue weighted by Crippen LogP contribution is 2.31. The van der Waals surface area contributed by atoms with E-state index in [0.717, 1.165) is 11.8 Å². The molecule has 0 saturated carbocycles. The molecule has 7 nitrogen and oxygen atoms in total. The van der Waals surface area contributed by atoms with Gasteiger partial charge in [-0.1, -0.05) is 23.7 Å². The van der Waals surface area contributed by atoms with E-state index in [9.17, 15) is 13.2 Å². The van der Waals surface area contributed by atoms with Crippen molar-refractivity contribution in [3.05, 3.63) is 47.0 Å². The molecule has 1 N–H and O–H groups in total. The lowest BCUT2D eigenvalue weighted by atomic mass is 10.1. The molecule has 0 spiro atoms. The third-order valence-electron chi connectivity index (χ3n) is 3.98. The van der Waals surface area contributed by atoms with Gasteiger partial charge in [0.1, 0.15) is 0 Å². The van der Waals surface area contributed by atoms with Gasteiger partial charge in [-0.05, 0) is 31.3 Å². The number of nitrogens with one attached hydrogen (secondary N) is 1. The summed E-state index contributed by atoms with van der Waals surface area (Å²) in [6.45, 7) is 0.519. The Labute approximate surface area is 170 Å². The van der Waals surface area contributed by atoms with E-state index in [2.05, 4.69) is 5.32 Å². The molecule has 1 amide bonds. The first-order valence-electron chi connectivity index (χ1n) is 8.33. The van der Waals surface area contributed by atoms with Gasteiger partial charge in [-0.2, -0.15) is 0 Å². The summed E-state index contributed by atoms with van der Waals surface area (Å²) in [4.78, 5) is 14.3. The van der Waals surface area contributed by atoms with E-state index in [1.54, 1.807) is 32.2 Å². The molecule has 28 heavy (non-hydrogen) atoms. The Hall–Kier alpha value is -2.29. The van der Waals surface area contributed by atoms with Crippen molar-refractivity contribution in [2.45, 2.75) is 11.4 Å². The fraction of sp³-hybridized carbons (Fsp3) is 0.316. The van der Waals surface area contributed by atoms with Gasteiger partial charge >= 0.3 is 0 Å². The van der Waals surface area contributed by atoms with Crippen LogP contribution in [0, 0.1) is 0 Å². The van der Waals surface area contributed by atoms with Gasteiger partial charge in [0.25, 0.3) is 0 Å². The van der Waals surface area contributed by atoms with Crippen molar-refractivity contribution in [2.75, 3.05) is 39.4 Å². The minimum absolute atomic E-state index is 0.0692. The smallest absolute Gasteiger partial charge is 0.238 e. The van der Waals surface area contributed by atoms with E-state index in [1.807, 2.05) is 12.1 Å². The highest BCUT2D eigenvalue weighted by molar-refractivity contribution is 7.90. The maximum Gasteiger partial charge on any atom is 0.238 e. The van der Waals surface area contributed by atoms with Crippen molar-refractivity contribution in [2.24, 2.45) is 0 Å². The second-order valence-electron chi connectivity index (χ2n) is 6.29. The van der Waals surface area contributed by atoms with Crippen molar-refractivity contribution in [1.29, 1.82) is 0 Å². The van der Waals surface area contributed by atoms with E-state index < -0.39 is 9.84 Å². The van der Waals surface area contributed by atoms with Crippen molar-refractivity contribution in [3.63, 3.8) is 0 Å². The first-order chi connectivity index (χ1) is 13.2. The lowest BCUT2D eigenvalue weighted by Gasteiger charge is -2.19. The van der Waals surface area contributed by atoms with Crippen LogP contribution in [-0.4, -0.2) is 53.3 Å². The van der Waals surface area contributed by atoms with E-state index in [4.69, 9.17) is 21.1 Å². The van der Waals surface area contributed by atoms with Crippen molar-refractivity contribution < 1.29 is 22.7 Å². The number of halogens is 1. The minimum atomic E-state index is -3.40. The summed E-state index contributed by atoms with van der Waals surface area (Å²) in [6, 6.07) is 9.72. The number of carbonyl (C=O) groups is 1. The number of rotatable bonds is 8. The van der Waals surface area contributed by atoms with Crippen LogP contribution in [0.1, 0.15) is 5.56 Å². The molecule has 2 aromatic rings. The Balaban J connectivity index is 2.08. The van der Waals surface area contributed by atoms with Gasteiger partial charge in [0.05, 0.1) is 36.4 Å². The van der Waals surface area contributed by atoms with Crippen LogP contribution in [0.5, 0.6) is 11.5 Å². The Morgan fingerprint density at radius 3 is 2.50 bits per heavy atom. The molecule has 0 aromatic heterocycles. The molecule has 0 saturated heterocycles. The number of hydrogen-bond acceptors (Lipinski definition) is 6. The quantitative estimate of drug-likeness (QED) is 0.698. The number of ether oxygens (including phenoxy) is 2. The number of carbonyl (C=O) groups excluding carboxylic acids is 1. The van der Waals surface area contributed by atoms with Crippen LogP contribution in [-0.2, 0) is 21.2 Å². The normalized spacial score (nSPS) is 11.4. The summed E-state index contributed by atoms with van der Waals surface area (Å²) < 4.78 is 34.1. The number of hydrogen-bond donors (Lipinski definition) is 1. The largest absolute Gasteiger partial charge is 0.493 e. The monoisotopic (exact) mass is 426 g/mol. The van der Waals surface area contributed by atoms with Gasteiger partial charge in [-0.25, -0.2) is 8.42 Å². The zero-order chi connectivity index (χ0) is 20.9. The lowest BCUT2D eigenvalue weighted by Crippen LogP contribution is -2.30. The summed E-state index contributed by atoms with van der Waals surface area (Å²) in [5, 5.41) is 2.92. The number of sulfone groups is 1. The molecule has 9 heteroatoms. The molecule has 0 aliphatic carbocycles. The predicted octanol–water partition coefficient (Wildman–Crippen LogP) is 2.83. The molecule has 0 atom stereocenters. The topological polar surface area (TPSA) is 84.9 Å². The molecule has 152 valence electrons. The van der Waals surface area contributed by atoms with Gasteiger partial charge in [0.15, 0.2) is 21.3 Å². The fourth-order valence-corrected chi connectivity index (χ4v) is 3.50. The molecule has 0 aliphatic rings. The SMILES string of the molecule is COc1cccc(CN(C)CC(=O)Nc2cc(S(C)(=O)=O)ccc2Cl)c1OC. The second kappa shape index (κ2) is 9.27. The van der Waals surface area contributed by atoms with Crippen LogP contribution in [0.25, 0.3) is 0 Å². The molecule has 2 rings (SSSR count). The van der Waals surface area contributed by atoms with Crippen LogP contribution >= 0.6 is 11.6 Å². The number of benzene rings is 2. The van der Waals surface area contributed by atoms with Crippen LogP contribution in [0.2, 0.25) is 5.02 Å². The average molecular weight is 427 g/mol. The van der Waals surface area contributed by atoms with E-state index >= 15 is 0 Å². The maximum absolute atomic E-state index is 12.4. The number of methoxy groups -OCH3 is 2. The Bertz CT molecular complexity index is 963. The average Bonchev–Trinajstić information content (AvgIpc) is 2.62. The highest BCUT2D eigenvalue weighted by Gasteiger charge is 2.15. The molecule has 0 unspecified atom stereocenters.